The fraction of sp³-hybridized carbons (Fsp3) is 0.368. The van der Waals surface area contributed by atoms with E-state index in [1.54, 1.807) is 0 Å². The molecule has 5 heteroatoms. The summed E-state index contributed by atoms with van der Waals surface area (Å²) in [6.07, 6.45) is 4.15. The average molecular weight is 322 g/mol. The number of aromatic amines is 1. The van der Waals surface area contributed by atoms with Crippen molar-refractivity contribution in [2.75, 3.05) is 13.1 Å². The lowest BCUT2D eigenvalue weighted by Crippen LogP contribution is -2.32. The summed E-state index contributed by atoms with van der Waals surface area (Å²) >= 11 is 0. The number of oxazole rings is 1. The summed E-state index contributed by atoms with van der Waals surface area (Å²) in [7, 11) is 0. The maximum atomic E-state index is 5.87. The number of aromatic nitrogens is 3. The van der Waals surface area contributed by atoms with Gasteiger partial charge in [-0.3, -0.25) is 10.00 Å². The van der Waals surface area contributed by atoms with E-state index in [4.69, 9.17) is 9.40 Å². The summed E-state index contributed by atoms with van der Waals surface area (Å²) in [5.41, 5.74) is 3.34. The molecule has 2 aromatic heterocycles. The zero-order chi connectivity index (χ0) is 16.4. The van der Waals surface area contributed by atoms with E-state index in [2.05, 4.69) is 21.2 Å². The smallest absolute Gasteiger partial charge is 0.226 e. The van der Waals surface area contributed by atoms with Crippen LogP contribution in [0.2, 0.25) is 0 Å². The van der Waals surface area contributed by atoms with Gasteiger partial charge in [-0.15, -0.1) is 0 Å². The van der Waals surface area contributed by atoms with Crippen molar-refractivity contribution in [2.24, 2.45) is 0 Å². The molecule has 0 atom stereocenters. The molecule has 124 valence electrons. The van der Waals surface area contributed by atoms with Gasteiger partial charge in [-0.2, -0.15) is 5.10 Å². The largest absolute Gasteiger partial charge is 0.441 e. The van der Waals surface area contributed by atoms with Gasteiger partial charge in [0.2, 0.25) is 5.89 Å². The van der Waals surface area contributed by atoms with Crippen LogP contribution in [0.1, 0.15) is 35.9 Å². The Labute approximate surface area is 141 Å². The predicted octanol–water partition coefficient (Wildman–Crippen LogP) is 3.75. The quantitative estimate of drug-likeness (QED) is 0.795. The molecule has 0 unspecified atom stereocenters. The van der Waals surface area contributed by atoms with E-state index in [-0.39, 0.29) is 0 Å². The first-order valence-electron chi connectivity index (χ1n) is 8.53. The van der Waals surface area contributed by atoms with Crippen molar-refractivity contribution in [1.29, 1.82) is 0 Å². The average Bonchev–Trinajstić information content (AvgIpc) is 3.27. The number of benzene rings is 1. The molecule has 3 aromatic rings. The molecule has 4 rings (SSSR count). The molecule has 0 bridgehead atoms. The Morgan fingerprint density at radius 2 is 1.96 bits per heavy atom. The van der Waals surface area contributed by atoms with Crippen LogP contribution < -0.4 is 0 Å². The van der Waals surface area contributed by atoms with Gasteiger partial charge in [0.25, 0.3) is 0 Å². The minimum absolute atomic E-state index is 0.599. The molecule has 1 fully saturated rings. The van der Waals surface area contributed by atoms with Crippen LogP contribution >= 0.6 is 0 Å². The van der Waals surface area contributed by atoms with Crippen LogP contribution in [-0.4, -0.2) is 33.2 Å². The number of hydrogen-bond acceptors (Lipinski definition) is 4. The Bertz CT molecular complexity index is 771. The van der Waals surface area contributed by atoms with Crippen molar-refractivity contribution in [3.63, 3.8) is 0 Å². The summed E-state index contributed by atoms with van der Waals surface area (Å²) in [6, 6.07) is 12.2. The predicted molar refractivity (Wildman–Crippen MR) is 92.5 cm³/mol. The van der Waals surface area contributed by atoms with Gasteiger partial charge in [-0.05, 0) is 51.1 Å². The van der Waals surface area contributed by atoms with Gasteiger partial charge < -0.3 is 4.42 Å². The zero-order valence-electron chi connectivity index (χ0n) is 13.9. The lowest BCUT2D eigenvalue weighted by molar-refractivity contribution is 0.200. The Balaban J connectivity index is 1.41. The second-order valence-electron chi connectivity index (χ2n) is 6.45. The Morgan fingerprint density at radius 3 is 2.67 bits per heavy atom. The van der Waals surface area contributed by atoms with E-state index in [1.807, 2.05) is 43.5 Å². The molecule has 0 spiro atoms. The van der Waals surface area contributed by atoms with Crippen LogP contribution in [0.25, 0.3) is 11.5 Å². The van der Waals surface area contributed by atoms with Gasteiger partial charge in [0.15, 0.2) is 0 Å². The number of aryl methyl sites for hydroxylation is 1. The summed E-state index contributed by atoms with van der Waals surface area (Å²) in [6.45, 7) is 5.03. The van der Waals surface area contributed by atoms with Gasteiger partial charge in [-0.1, -0.05) is 18.2 Å². The third kappa shape index (κ3) is 3.12. The highest BCUT2D eigenvalue weighted by Crippen LogP contribution is 2.28. The van der Waals surface area contributed by atoms with Crippen LogP contribution in [0.5, 0.6) is 0 Å². The van der Waals surface area contributed by atoms with Crippen LogP contribution in [0.15, 0.2) is 47.0 Å². The van der Waals surface area contributed by atoms with Crippen molar-refractivity contribution in [1.82, 2.24) is 20.1 Å². The van der Waals surface area contributed by atoms with Crippen LogP contribution in [0.3, 0.4) is 0 Å². The van der Waals surface area contributed by atoms with Gasteiger partial charge in [0, 0.05) is 29.9 Å². The fourth-order valence-corrected chi connectivity index (χ4v) is 3.39. The number of rotatable bonds is 4. The SMILES string of the molecule is Cc1oc(-c2ccccc2)nc1CN1CCC(c2ccn[nH]2)CC1. The normalized spacial score (nSPS) is 16.5. The first-order valence-corrected chi connectivity index (χ1v) is 8.53. The van der Waals surface area contributed by atoms with Gasteiger partial charge in [0.1, 0.15) is 5.76 Å². The molecule has 0 radical (unpaired) electrons. The minimum atomic E-state index is 0.599. The molecule has 5 nitrogen and oxygen atoms in total. The molecule has 0 amide bonds. The number of nitrogens with zero attached hydrogens (tertiary/aromatic N) is 3. The topological polar surface area (TPSA) is 58.0 Å². The van der Waals surface area contributed by atoms with Gasteiger partial charge in [-0.25, -0.2) is 4.98 Å². The molecule has 0 saturated carbocycles. The Kier molecular flexibility index (Phi) is 4.17. The molecule has 1 aliphatic rings. The van der Waals surface area contributed by atoms with Crippen molar-refractivity contribution in [3.05, 3.63) is 59.7 Å². The maximum Gasteiger partial charge on any atom is 0.226 e. The van der Waals surface area contributed by atoms with Crippen molar-refractivity contribution < 1.29 is 4.42 Å². The highest BCUT2D eigenvalue weighted by Gasteiger charge is 2.23. The van der Waals surface area contributed by atoms with Crippen LogP contribution in [-0.2, 0) is 6.54 Å². The molecule has 1 aliphatic heterocycles. The fourth-order valence-electron chi connectivity index (χ4n) is 3.39. The third-order valence-corrected chi connectivity index (χ3v) is 4.84. The second kappa shape index (κ2) is 6.61. The Morgan fingerprint density at radius 1 is 1.17 bits per heavy atom. The summed E-state index contributed by atoms with van der Waals surface area (Å²) < 4.78 is 5.87. The highest BCUT2D eigenvalue weighted by atomic mass is 16.4. The number of nitrogens with one attached hydrogen (secondary N) is 1. The van der Waals surface area contributed by atoms with E-state index in [0.29, 0.717) is 5.92 Å². The highest BCUT2D eigenvalue weighted by molar-refractivity contribution is 5.53. The monoisotopic (exact) mass is 322 g/mol. The molecule has 3 heterocycles. The van der Waals surface area contributed by atoms with E-state index in [9.17, 15) is 0 Å². The van der Waals surface area contributed by atoms with Crippen LogP contribution in [0, 0.1) is 6.92 Å². The zero-order valence-corrected chi connectivity index (χ0v) is 13.9. The van der Waals surface area contributed by atoms with Crippen molar-refractivity contribution in [2.45, 2.75) is 32.2 Å². The Hall–Kier alpha value is -2.40. The van der Waals surface area contributed by atoms with Crippen molar-refractivity contribution >= 4 is 0 Å². The first kappa shape index (κ1) is 15.1. The first-order chi connectivity index (χ1) is 11.8. The summed E-state index contributed by atoms with van der Waals surface area (Å²) in [5.74, 6) is 2.24. The summed E-state index contributed by atoms with van der Waals surface area (Å²) in [4.78, 5) is 7.18. The third-order valence-electron chi connectivity index (χ3n) is 4.84. The number of hydrogen-bond donors (Lipinski definition) is 1. The van der Waals surface area contributed by atoms with Crippen LogP contribution in [0.4, 0.5) is 0 Å². The lowest BCUT2D eigenvalue weighted by Gasteiger charge is -2.30. The number of likely N-dealkylation sites (tertiary alicyclic amines) is 1. The molecule has 1 saturated heterocycles. The molecule has 1 aromatic carbocycles. The molecule has 0 aliphatic carbocycles. The van der Waals surface area contributed by atoms with E-state index < -0.39 is 0 Å². The van der Waals surface area contributed by atoms with E-state index >= 15 is 0 Å². The number of H-pyrrole nitrogens is 1. The van der Waals surface area contributed by atoms with E-state index in [0.717, 1.165) is 55.4 Å². The van der Waals surface area contributed by atoms with Gasteiger partial charge in [0.05, 0.1) is 5.69 Å². The number of piperidine rings is 1. The molecule has 24 heavy (non-hydrogen) atoms. The summed E-state index contributed by atoms with van der Waals surface area (Å²) in [5, 5.41) is 7.17. The van der Waals surface area contributed by atoms with E-state index in [1.165, 1.54) is 5.69 Å². The van der Waals surface area contributed by atoms with Crippen molar-refractivity contribution in [3.8, 4) is 11.5 Å². The second-order valence-corrected chi connectivity index (χ2v) is 6.45. The molecular formula is C19H22N4O. The lowest BCUT2D eigenvalue weighted by atomic mass is 9.93. The maximum absolute atomic E-state index is 5.87. The minimum Gasteiger partial charge on any atom is -0.441 e. The van der Waals surface area contributed by atoms with Gasteiger partial charge >= 0.3 is 0 Å². The molecular weight excluding hydrogens is 300 g/mol. The standard InChI is InChI=1S/C19H22N4O/c1-14-18(21-19(24-14)16-5-3-2-4-6-16)13-23-11-8-15(9-12-23)17-7-10-20-22-17/h2-7,10,15H,8-9,11-13H2,1H3,(H,20,22). The molecule has 1 N–H and O–H groups in total.